The number of aliphatic imine (C=N–C) groups is 1. The molecule has 1 heterocycles. The third-order valence-corrected chi connectivity index (χ3v) is 3.79. The lowest BCUT2D eigenvalue weighted by molar-refractivity contribution is 0.0688. The Balaban J connectivity index is 1.41. The first-order valence-electron chi connectivity index (χ1n) is 8.24. The van der Waals surface area contributed by atoms with E-state index in [0.29, 0.717) is 19.0 Å². The molecule has 1 amide bonds. The van der Waals surface area contributed by atoms with Gasteiger partial charge in [0.05, 0.1) is 12.6 Å². The average molecular weight is 339 g/mol. The number of amides is 1. The molecule has 0 aliphatic carbocycles. The number of hydrogen-bond donors (Lipinski definition) is 2. The maximum atomic E-state index is 12.0. The molecule has 25 heavy (non-hydrogen) atoms. The highest BCUT2D eigenvalue weighted by Gasteiger charge is 2.23. The van der Waals surface area contributed by atoms with Crippen LogP contribution < -0.4 is 10.8 Å². The molecule has 6 heteroatoms. The molecular weight excluding hydrogens is 318 g/mol. The van der Waals surface area contributed by atoms with Crippen LogP contribution in [0.15, 0.2) is 65.7 Å². The molecule has 0 saturated heterocycles. The number of carbonyl (C=O) groups excluding carboxylic acids is 1. The minimum absolute atomic E-state index is 0.223. The van der Waals surface area contributed by atoms with Crippen LogP contribution in [0.1, 0.15) is 17.5 Å². The van der Waals surface area contributed by atoms with Crippen LogP contribution in [0.25, 0.3) is 0 Å². The van der Waals surface area contributed by atoms with Crippen LogP contribution in [0.5, 0.6) is 0 Å². The summed E-state index contributed by atoms with van der Waals surface area (Å²) >= 11 is 0. The van der Waals surface area contributed by atoms with Crippen LogP contribution >= 0.6 is 0 Å². The van der Waals surface area contributed by atoms with Gasteiger partial charge >= 0.3 is 6.09 Å². The smallest absolute Gasteiger partial charge is 0.408 e. The molecule has 1 unspecified atom stereocenters. The summed E-state index contributed by atoms with van der Waals surface area (Å²) in [6, 6.07) is 19.2. The Morgan fingerprint density at radius 3 is 2.32 bits per heavy atom. The van der Waals surface area contributed by atoms with E-state index in [-0.39, 0.29) is 12.6 Å². The molecule has 2 aromatic rings. The maximum absolute atomic E-state index is 12.0. The van der Waals surface area contributed by atoms with Gasteiger partial charge in [-0.15, -0.1) is 0 Å². The number of alkyl carbamates (subject to hydrolysis) is 1. The van der Waals surface area contributed by atoms with E-state index in [2.05, 4.69) is 15.8 Å². The van der Waals surface area contributed by atoms with Crippen LogP contribution in [0, 0.1) is 0 Å². The van der Waals surface area contributed by atoms with E-state index in [1.807, 2.05) is 60.7 Å². The fourth-order valence-electron chi connectivity index (χ4n) is 2.48. The van der Waals surface area contributed by atoms with E-state index >= 15 is 0 Å². The molecule has 1 aliphatic rings. The summed E-state index contributed by atoms with van der Waals surface area (Å²) in [5, 5.41) is 2.81. The highest BCUT2D eigenvalue weighted by Crippen LogP contribution is 2.07. The van der Waals surface area contributed by atoms with Crippen molar-refractivity contribution in [1.29, 1.82) is 0 Å². The van der Waals surface area contributed by atoms with Gasteiger partial charge in [0, 0.05) is 6.54 Å². The summed E-state index contributed by atoms with van der Waals surface area (Å²) in [5.41, 5.74) is 4.84. The fourth-order valence-corrected chi connectivity index (χ4v) is 2.48. The summed E-state index contributed by atoms with van der Waals surface area (Å²) in [4.78, 5) is 21.8. The molecule has 0 aromatic heterocycles. The van der Waals surface area contributed by atoms with Crippen LogP contribution in [0.3, 0.4) is 0 Å². The Labute approximate surface area is 146 Å². The summed E-state index contributed by atoms with van der Waals surface area (Å²) in [6.45, 7) is 1.30. The first-order valence-corrected chi connectivity index (χ1v) is 8.24. The van der Waals surface area contributed by atoms with Gasteiger partial charge in [-0.3, -0.25) is 15.3 Å². The van der Waals surface area contributed by atoms with Crippen molar-refractivity contribution in [3.05, 3.63) is 71.8 Å². The Morgan fingerprint density at radius 1 is 1.00 bits per heavy atom. The predicted octanol–water partition coefficient (Wildman–Crippen LogP) is 2.81. The number of ether oxygens (including phenoxy) is 1. The molecule has 3 rings (SSSR count). The molecule has 2 N–H and O–H groups in total. The second kappa shape index (κ2) is 8.84. The molecule has 0 radical (unpaired) electrons. The summed E-state index contributed by atoms with van der Waals surface area (Å²) < 4.78 is 5.24. The zero-order chi connectivity index (χ0) is 17.3. The number of rotatable bonds is 6. The van der Waals surface area contributed by atoms with E-state index in [0.717, 1.165) is 17.5 Å². The third-order valence-electron chi connectivity index (χ3n) is 3.79. The van der Waals surface area contributed by atoms with Crippen LogP contribution in [0.4, 0.5) is 4.79 Å². The molecule has 130 valence electrons. The van der Waals surface area contributed by atoms with Crippen molar-refractivity contribution in [3.8, 4) is 0 Å². The van der Waals surface area contributed by atoms with Crippen molar-refractivity contribution in [2.75, 3.05) is 6.54 Å². The van der Waals surface area contributed by atoms with E-state index < -0.39 is 6.09 Å². The van der Waals surface area contributed by atoms with Gasteiger partial charge in [0.1, 0.15) is 12.4 Å². The van der Waals surface area contributed by atoms with Crippen molar-refractivity contribution < 1.29 is 14.4 Å². The summed E-state index contributed by atoms with van der Waals surface area (Å²) in [7, 11) is 0. The Kier molecular flexibility index (Phi) is 6.01. The van der Waals surface area contributed by atoms with Crippen molar-refractivity contribution >= 4 is 11.9 Å². The Bertz CT molecular complexity index is 704. The van der Waals surface area contributed by atoms with Gasteiger partial charge < -0.3 is 10.1 Å². The van der Waals surface area contributed by atoms with E-state index in [1.54, 1.807) is 0 Å². The highest BCUT2D eigenvalue weighted by molar-refractivity contribution is 5.90. The average Bonchev–Trinajstić information content (AvgIpc) is 3.09. The van der Waals surface area contributed by atoms with Crippen LogP contribution in [0.2, 0.25) is 0 Å². The van der Waals surface area contributed by atoms with Gasteiger partial charge in [-0.1, -0.05) is 60.7 Å². The SMILES string of the molecule is O=C(NC1CCN=C1NOCc1ccccc1)OCc1ccccc1. The van der Waals surface area contributed by atoms with Gasteiger partial charge in [-0.25, -0.2) is 4.79 Å². The van der Waals surface area contributed by atoms with Crippen molar-refractivity contribution in [2.24, 2.45) is 4.99 Å². The number of hydroxylamine groups is 1. The number of amidine groups is 1. The zero-order valence-corrected chi connectivity index (χ0v) is 13.9. The maximum Gasteiger partial charge on any atom is 0.408 e. The van der Waals surface area contributed by atoms with E-state index in [1.165, 1.54) is 0 Å². The number of nitrogens with one attached hydrogen (secondary N) is 2. The normalized spacial score (nSPS) is 16.2. The number of benzene rings is 2. The summed E-state index contributed by atoms with van der Waals surface area (Å²) in [5.74, 6) is 0.618. The number of hydrogen-bond acceptors (Lipinski definition) is 5. The molecule has 2 aromatic carbocycles. The van der Waals surface area contributed by atoms with Crippen molar-refractivity contribution in [2.45, 2.75) is 25.7 Å². The molecule has 0 bridgehead atoms. The quantitative estimate of drug-likeness (QED) is 0.794. The lowest BCUT2D eigenvalue weighted by atomic mass is 10.2. The number of carbonyl (C=O) groups is 1. The lowest BCUT2D eigenvalue weighted by Crippen LogP contribution is -2.44. The minimum atomic E-state index is -0.465. The zero-order valence-electron chi connectivity index (χ0n) is 13.9. The van der Waals surface area contributed by atoms with Gasteiger partial charge in [0.15, 0.2) is 0 Å². The summed E-state index contributed by atoms with van der Waals surface area (Å²) in [6.07, 6.45) is 0.255. The monoisotopic (exact) mass is 339 g/mol. The Morgan fingerprint density at radius 2 is 1.64 bits per heavy atom. The topological polar surface area (TPSA) is 72.0 Å². The van der Waals surface area contributed by atoms with Crippen molar-refractivity contribution in [1.82, 2.24) is 10.8 Å². The van der Waals surface area contributed by atoms with Crippen LogP contribution in [-0.4, -0.2) is 24.5 Å². The molecule has 1 aliphatic heterocycles. The molecule has 0 fully saturated rings. The minimum Gasteiger partial charge on any atom is -0.445 e. The first-order chi connectivity index (χ1) is 12.3. The van der Waals surface area contributed by atoms with Crippen molar-refractivity contribution in [3.63, 3.8) is 0 Å². The molecule has 1 atom stereocenters. The Hall–Kier alpha value is -2.86. The van der Waals surface area contributed by atoms with Gasteiger partial charge in [0.25, 0.3) is 0 Å². The second-order valence-electron chi connectivity index (χ2n) is 5.69. The molecule has 6 nitrogen and oxygen atoms in total. The lowest BCUT2D eigenvalue weighted by Gasteiger charge is -2.16. The molecular formula is C19H21N3O3. The largest absolute Gasteiger partial charge is 0.445 e. The standard InChI is InChI=1S/C19H21N3O3/c23-19(24-13-15-7-3-1-4-8-15)21-17-11-12-20-18(17)22-25-14-16-9-5-2-6-10-16/h1-10,17H,11-14H2,(H,20,22)(H,21,23). The van der Waals surface area contributed by atoms with Gasteiger partial charge in [0.2, 0.25) is 0 Å². The van der Waals surface area contributed by atoms with E-state index in [4.69, 9.17) is 9.57 Å². The first kappa shape index (κ1) is 17.0. The fraction of sp³-hybridized carbons (Fsp3) is 0.263. The van der Waals surface area contributed by atoms with Gasteiger partial charge in [-0.2, -0.15) is 0 Å². The second-order valence-corrected chi connectivity index (χ2v) is 5.69. The third kappa shape index (κ3) is 5.32. The van der Waals surface area contributed by atoms with Crippen LogP contribution in [-0.2, 0) is 22.8 Å². The highest BCUT2D eigenvalue weighted by atomic mass is 16.6. The van der Waals surface area contributed by atoms with E-state index in [9.17, 15) is 4.79 Å². The molecule has 0 saturated carbocycles. The molecule has 0 spiro atoms. The van der Waals surface area contributed by atoms with Gasteiger partial charge in [-0.05, 0) is 17.5 Å². The number of nitrogens with zero attached hydrogens (tertiary/aromatic N) is 1. The predicted molar refractivity (Wildman–Crippen MR) is 94.8 cm³/mol.